The Morgan fingerprint density at radius 3 is 2.96 bits per heavy atom. The zero-order valence-electron chi connectivity index (χ0n) is 15.8. The van der Waals surface area contributed by atoms with Gasteiger partial charge in [-0.15, -0.1) is 0 Å². The number of aromatic nitrogens is 1. The molecule has 4 aliphatic heterocycles. The molecule has 3 fully saturated rings. The molecule has 28 heavy (non-hydrogen) atoms. The maximum atomic E-state index is 13.1. The van der Waals surface area contributed by atoms with E-state index in [4.69, 9.17) is 14.0 Å². The van der Waals surface area contributed by atoms with Crippen molar-refractivity contribution in [1.82, 2.24) is 15.4 Å². The lowest BCUT2D eigenvalue weighted by atomic mass is 9.77. The fourth-order valence-corrected chi connectivity index (χ4v) is 4.75. The van der Waals surface area contributed by atoms with Gasteiger partial charge in [-0.2, -0.15) is 0 Å². The number of fused-ring (bicyclic) bond motifs is 1. The predicted molar refractivity (Wildman–Crippen MR) is 97.6 cm³/mol. The highest BCUT2D eigenvalue weighted by molar-refractivity contribution is 6.02. The molecule has 4 aliphatic rings. The number of carbonyl (C=O) groups excluding carboxylic acids is 2. The van der Waals surface area contributed by atoms with Gasteiger partial charge in [0.15, 0.2) is 5.82 Å². The molecule has 3 saturated heterocycles. The maximum Gasteiger partial charge on any atom is 0.235 e. The second-order valence-electron chi connectivity index (χ2n) is 7.87. The van der Waals surface area contributed by atoms with Crippen LogP contribution in [0.3, 0.4) is 0 Å². The Morgan fingerprint density at radius 1 is 1.39 bits per heavy atom. The van der Waals surface area contributed by atoms with Crippen molar-refractivity contribution in [2.45, 2.75) is 18.6 Å². The van der Waals surface area contributed by atoms with Crippen LogP contribution in [0, 0.1) is 18.8 Å². The minimum Gasteiger partial charge on any atom is -0.379 e. The monoisotopic (exact) mass is 388 g/mol. The van der Waals surface area contributed by atoms with Gasteiger partial charge in [0, 0.05) is 32.2 Å². The van der Waals surface area contributed by atoms with E-state index in [1.54, 1.807) is 17.9 Å². The van der Waals surface area contributed by atoms with Gasteiger partial charge in [0.2, 0.25) is 11.8 Å². The number of rotatable bonds is 5. The summed E-state index contributed by atoms with van der Waals surface area (Å²) in [5.41, 5.74) is -0.749. The zero-order chi connectivity index (χ0) is 19.3. The van der Waals surface area contributed by atoms with Crippen molar-refractivity contribution in [3.8, 4) is 0 Å². The van der Waals surface area contributed by atoms with Crippen LogP contribution in [-0.2, 0) is 19.1 Å². The lowest BCUT2D eigenvalue weighted by molar-refractivity contribution is -0.132. The van der Waals surface area contributed by atoms with Crippen molar-refractivity contribution >= 4 is 17.6 Å². The number of hydrogen-bond donors (Lipinski definition) is 1. The molecule has 1 spiro atoms. The van der Waals surface area contributed by atoms with E-state index in [1.807, 2.05) is 12.2 Å². The Kier molecular flexibility index (Phi) is 4.26. The molecule has 1 aromatic rings. The molecule has 0 aliphatic carbocycles. The summed E-state index contributed by atoms with van der Waals surface area (Å²) in [4.78, 5) is 29.9. The van der Waals surface area contributed by atoms with Gasteiger partial charge in [-0.1, -0.05) is 17.3 Å². The van der Waals surface area contributed by atoms with E-state index in [1.165, 1.54) is 0 Å². The summed E-state index contributed by atoms with van der Waals surface area (Å²) in [6.07, 6.45) is 3.50. The Morgan fingerprint density at radius 2 is 2.21 bits per heavy atom. The smallest absolute Gasteiger partial charge is 0.235 e. The molecule has 2 bridgehead atoms. The molecule has 5 heterocycles. The van der Waals surface area contributed by atoms with E-state index in [0.29, 0.717) is 24.7 Å². The minimum absolute atomic E-state index is 0.124. The van der Waals surface area contributed by atoms with Crippen molar-refractivity contribution in [3.63, 3.8) is 0 Å². The van der Waals surface area contributed by atoms with E-state index < -0.39 is 17.4 Å². The largest absolute Gasteiger partial charge is 0.379 e. The van der Waals surface area contributed by atoms with Gasteiger partial charge in [0.1, 0.15) is 11.4 Å². The third kappa shape index (κ3) is 2.76. The summed E-state index contributed by atoms with van der Waals surface area (Å²) in [5.74, 6) is -0.189. The first-order valence-corrected chi connectivity index (χ1v) is 9.77. The van der Waals surface area contributed by atoms with Gasteiger partial charge in [-0.25, -0.2) is 0 Å². The first kappa shape index (κ1) is 17.8. The van der Waals surface area contributed by atoms with E-state index >= 15 is 0 Å². The molecular formula is C19H24N4O5. The molecule has 9 heteroatoms. The van der Waals surface area contributed by atoms with Gasteiger partial charge in [-0.3, -0.25) is 19.4 Å². The lowest BCUT2D eigenvalue weighted by Crippen LogP contribution is -2.46. The van der Waals surface area contributed by atoms with Gasteiger partial charge < -0.3 is 19.3 Å². The summed E-state index contributed by atoms with van der Waals surface area (Å²) < 4.78 is 16.6. The summed E-state index contributed by atoms with van der Waals surface area (Å²) in [5, 5.41) is 6.97. The molecule has 9 nitrogen and oxygen atoms in total. The van der Waals surface area contributed by atoms with Gasteiger partial charge in [-0.05, 0) is 6.92 Å². The molecule has 150 valence electrons. The molecule has 0 aromatic carbocycles. The number of carbonyl (C=O) groups is 2. The van der Waals surface area contributed by atoms with Crippen molar-refractivity contribution < 1.29 is 23.6 Å². The fourth-order valence-electron chi connectivity index (χ4n) is 4.75. The fraction of sp³-hybridized carbons (Fsp3) is 0.632. The number of morpholine rings is 1. The van der Waals surface area contributed by atoms with Crippen LogP contribution in [0.5, 0.6) is 0 Å². The molecule has 0 radical (unpaired) electrons. The number of hydrogen-bond acceptors (Lipinski definition) is 7. The van der Waals surface area contributed by atoms with Crippen molar-refractivity contribution in [3.05, 3.63) is 24.0 Å². The maximum absolute atomic E-state index is 13.1. The van der Waals surface area contributed by atoms with Crippen LogP contribution in [0.1, 0.15) is 5.76 Å². The standard InChI is InChI=1S/C19H24N4O5/c1-12-10-14(21-28-12)23-11-19-3-2-13(27-19)15(16(19)18(23)25)17(24)20-4-5-22-6-8-26-9-7-22/h2-3,10,13,15-16H,4-9,11H2,1H3,(H,20,24)/t13-,15-,16-,19+/m1/s1. The van der Waals surface area contributed by atoms with E-state index in [-0.39, 0.29) is 17.9 Å². The van der Waals surface area contributed by atoms with Gasteiger partial charge >= 0.3 is 0 Å². The van der Waals surface area contributed by atoms with Crippen LogP contribution in [0.4, 0.5) is 5.82 Å². The zero-order valence-corrected chi connectivity index (χ0v) is 15.8. The third-order valence-corrected chi connectivity index (χ3v) is 6.13. The molecule has 2 amide bonds. The van der Waals surface area contributed by atoms with Crippen molar-refractivity contribution in [1.29, 1.82) is 0 Å². The van der Waals surface area contributed by atoms with Crippen LogP contribution in [0.25, 0.3) is 0 Å². The second kappa shape index (κ2) is 6.68. The van der Waals surface area contributed by atoms with E-state index in [0.717, 1.165) is 32.8 Å². The SMILES string of the molecule is Cc1cc(N2C[C@]34C=C[C@@H](O3)[C@@H](C(=O)NCCN3CCOCC3)[C@@H]4C2=O)no1. The highest BCUT2D eigenvalue weighted by Gasteiger charge is 2.67. The average molecular weight is 388 g/mol. The van der Waals surface area contributed by atoms with Crippen molar-refractivity contribution in [2.24, 2.45) is 11.8 Å². The van der Waals surface area contributed by atoms with Crippen LogP contribution >= 0.6 is 0 Å². The normalized spacial score (nSPS) is 34.2. The molecule has 1 N–H and O–H groups in total. The molecule has 0 saturated carbocycles. The quantitative estimate of drug-likeness (QED) is 0.693. The third-order valence-electron chi connectivity index (χ3n) is 6.13. The first-order chi connectivity index (χ1) is 13.6. The minimum atomic E-state index is -0.749. The van der Waals surface area contributed by atoms with E-state index in [9.17, 15) is 9.59 Å². The Labute approximate surface area is 162 Å². The number of aryl methyl sites for hydroxylation is 1. The number of ether oxygens (including phenoxy) is 2. The topological polar surface area (TPSA) is 97.1 Å². The average Bonchev–Trinajstić information content (AvgIpc) is 3.44. The summed E-state index contributed by atoms with van der Waals surface area (Å²) >= 11 is 0. The number of anilines is 1. The predicted octanol–water partition coefficient (Wildman–Crippen LogP) is -0.282. The second-order valence-corrected chi connectivity index (χ2v) is 7.87. The first-order valence-electron chi connectivity index (χ1n) is 9.77. The molecule has 0 unspecified atom stereocenters. The Hall–Kier alpha value is -2.23. The molecule has 1 aromatic heterocycles. The van der Waals surface area contributed by atoms with E-state index in [2.05, 4.69) is 15.4 Å². The number of nitrogens with zero attached hydrogens (tertiary/aromatic N) is 3. The van der Waals surface area contributed by atoms with Crippen LogP contribution in [0.2, 0.25) is 0 Å². The Balaban J connectivity index is 1.27. The Bertz CT molecular complexity index is 817. The summed E-state index contributed by atoms with van der Waals surface area (Å²) in [7, 11) is 0. The highest BCUT2D eigenvalue weighted by Crippen LogP contribution is 2.52. The van der Waals surface area contributed by atoms with Crippen molar-refractivity contribution in [2.75, 3.05) is 50.8 Å². The molecule has 5 rings (SSSR count). The lowest BCUT2D eigenvalue weighted by Gasteiger charge is -2.27. The van der Waals surface area contributed by atoms with Gasteiger partial charge in [0.05, 0.1) is 37.7 Å². The highest BCUT2D eigenvalue weighted by atomic mass is 16.5. The van der Waals surface area contributed by atoms with Gasteiger partial charge in [0.25, 0.3) is 0 Å². The van der Waals surface area contributed by atoms with Crippen LogP contribution < -0.4 is 10.2 Å². The number of amides is 2. The summed E-state index contributed by atoms with van der Waals surface area (Å²) in [6.45, 7) is 6.68. The van der Waals surface area contributed by atoms with Crippen LogP contribution in [-0.4, -0.2) is 79.5 Å². The molecular weight excluding hydrogens is 364 g/mol. The number of nitrogens with one attached hydrogen (secondary N) is 1. The summed E-state index contributed by atoms with van der Waals surface area (Å²) in [6, 6.07) is 1.73. The van der Waals surface area contributed by atoms with Crippen LogP contribution in [0.15, 0.2) is 22.7 Å². The molecule has 4 atom stereocenters.